The Balaban J connectivity index is 1.32. The van der Waals surface area contributed by atoms with Gasteiger partial charge in [-0.1, -0.05) is 42.0 Å². The molecule has 0 saturated carbocycles. The van der Waals surface area contributed by atoms with Gasteiger partial charge in [-0.15, -0.1) is 11.3 Å². The number of rotatable bonds is 5. The molecule has 2 aliphatic heterocycles. The fourth-order valence-electron chi connectivity index (χ4n) is 5.20. The van der Waals surface area contributed by atoms with E-state index < -0.39 is 11.9 Å². The van der Waals surface area contributed by atoms with E-state index in [9.17, 15) is 14.7 Å². The molecule has 0 fully saturated rings. The summed E-state index contributed by atoms with van der Waals surface area (Å²) in [5, 5.41) is 15.2. The van der Waals surface area contributed by atoms with Crippen LogP contribution in [0.4, 0.5) is 17.1 Å². The molecule has 6 nitrogen and oxygen atoms in total. The third-order valence-electron chi connectivity index (χ3n) is 7.23. The Morgan fingerprint density at radius 2 is 1.72 bits per heavy atom. The molecular weight excluding hydrogens is 506 g/mol. The molecule has 1 N–H and O–H groups in total. The lowest BCUT2D eigenvalue weighted by atomic mass is 9.98. The molecule has 6 rings (SSSR count). The van der Waals surface area contributed by atoms with Crippen LogP contribution in [-0.2, 0) is 16.0 Å². The molecule has 0 radical (unpaired) electrons. The molecule has 39 heavy (non-hydrogen) atoms. The van der Waals surface area contributed by atoms with Crippen molar-refractivity contribution in [1.82, 2.24) is 0 Å². The summed E-state index contributed by atoms with van der Waals surface area (Å²) in [5.41, 5.74) is 7.15. The van der Waals surface area contributed by atoms with E-state index >= 15 is 0 Å². The summed E-state index contributed by atoms with van der Waals surface area (Å²) < 4.78 is 0. The molecule has 0 bridgehead atoms. The molecule has 2 aliphatic rings. The van der Waals surface area contributed by atoms with E-state index in [1.54, 1.807) is 42.5 Å². The number of fused-ring (bicyclic) bond motifs is 1. The minimum atomic E-state index is -1.22. The van der Waals surface area contributed by atoms with Crippen LogP contribution < -0.4 is 9.91 Å². The molecule has 0 aliphatic carbocycles. The fourth-order valence-corrected chi connectivity index (χ4v) is 6.20. The van der Waals surface area contributed by atoms with Gasteiger partial charge in [-0.3, -0.25) is 4.79 Å². The standard InChI is InChI=1S/C32H27N3O3S/c1-20-10-13-24(14-11-20)34-18-6-7-22-19-23(12-15-26(22)34)28-17-16-27(39-28)21(2)29-30(32(37)38)33-35(31(29)36)25-8-4-3-5-9-25/h3-5,8-17,19H,6-7,18H2,1-2H3,(H,37,38)/b29-21-. The van der Waals surface area contributed by atoms with Gasteiger partial charge in [0.2, 0.25) is 0 Å². The van der Waals surface area contributed by atoms with Gasteiger partial charge in [-0.2, -0.15) is 10.1 Å². The van der Waals surface area contributed by atoms with Crippen LogP contribution >= 0.6 is 11.3 Å². The monoisotopic (exact) mass is 533 g/mol. The lowest BCUT2D eigenvalue weighted by molar-refractivity contribution is -0.129. The molecule has 194 valence electrons. The smallest absolute Gasteiger partial charge is 0.357 e. The van der Waals surface area contributed by atoms with Crippen molar-refractivity contribution in [2.45, 2.75) is 26.7 Å². The molecule has 0 saturated heterocycles. The largest absolute Gasteiger partial charge is 0.476 e. The molecule has 1 aromatic heterocycles. The number of benzene rings is 3. The van der Waals surface area contributed by atoms with Crippen LogP contribution in [0.3, 0.4) is 0 Å². The molecule has 0 unspecified atom stereocenters. The van der Waals surface area contributed by atoms with Gasteiger partial charge in [-0.25, -0.2) is 4.79 Å². The molecule has 0 atom stereocenters. The molecule has 1 amide bonds. The van der Waals surface area contributed by atoms with E-state index in [-0.39, 0.29) is 11.3 Å². The van der Waals surface area contributed by atoms with Gasteiger partial charge in [0.25, 0.3) is 5.91 Å². The summed E-state index contributed by atoms with van der Waals surface area (Å²) in [6.45, 7) is 4.89. The van der Waals surface area contributed by atoms with E-state index in [4.69, 9.17) is 0 Å². The van der Waals surface area contributed by atoms with E-state index in [0.29, 0.717) is 11.3 Å². The first-order chi connectivity index (χ1) is 18.9. The van der Waals surface area contributed by atoms with Crippen LogP contribution in [0.15, 0.2) is 95.6 Å². The summed E-state index contributed by atoms with van der Waals surface area (Å²) in [7, 11) is 0. The zero-order valence-corrected chi connectivity index (χ0v) is 22.5. The van der Waals surface area contributed by atoms with Gasteiger partial charge in [0.15, 0.2) is 5.71 Å². The molecule has 0 spiro atoms. The van der Waals surface area contributed by atoms with Crippen molar-refractivity contribution in [3.63, 3.8) is 0 Å². The summed E-state index contributed by atoms with van der Waals surface area (Å²) in [4.78, 5) is 29.7. The summed E-state index contributed by atoms with van der Waals surface area (Å²) >= 11 is 1.55. The third kappa shape index (κ3) is 4.55. The van der Waals surface area contributed by atoms with E-state index in [1.165, 1.54) is 27.5 Å². The topological polar surface area (TPSA) is 73.2 Å². The number of aryl methyl sites for hydroxylation is 2. The van der Waals surface area contributed by atoms with Crippen LogP contribution in [0.2, 0.25) is 0 Å². The number of carboxylic acids is 1. The average Bonchev–Trinajstić information content (AvgIpc) is 3.58. The van der Waals surface area contributed by atoms with Crippen LogP contribution in [-0.4, -0.2) is 29.2 Å². The van der Waals surface area contributed by atoms with Crippen molar-refractivity contribution in [2.24, 2.45) is 5.10 Å². The second-order valence-electron chi connectivity index (χ2n) is 9.80. The normalized spacial score (nSPS) is 16.3. The number of hydrogen-bond donors (Lipinski definition) is 1. The molecule has 7 heteroatoms. The Labute approximate surface area is 231 Å². The predicted molar refractivity (Wildman–Crippen MR) is 158 cm³/mol. The first-order valence-corrected chi connectivity index (χ1v) is 13.7. The predicted octanol–water partition coefficient (Wildman–Crippen LogP) is 7.07. The van der Waals surface area contributed by atoms with Crippen molar-refractivity contribution in [3.05, 3.63) is 107 Å². The van der Waals surface area contributed by atoms with Gasteiger partial charge in [-0.05, 0) is 91.9 Å². The highest BCUT2D eigenvalue weighted by Gasteiger charge is 2.37. The zero-order chi connectivity index (χ0) is 27.1. The quantitative estimate of drug-likeness (QED) is 0.279. The Kier molecular flexibility index (Phi) is 6.37. The number of thiophene rings is 1. The first-order valence-electron chi connectivity index (χ1n) is 12.9. The lowest BCUT2D eigenvalue weighted by Crippen LogP contribution is -2.24. The van der Waals surface area contributed by atoms with Crippen LogP contribution in [0.5, 0.6) is 0 Å². The van der Waals surface area contributed by atoms with E-state index in [0.717, 1.165) is 34.7 Å². The van der Waals surface area contributed by atoms with Gasteiger partial charge in [0.05, 0.1) is 11.3 Å². The van der Waals surface area contributed by atoms with Gasteiger partial charge < -0.3 is 10.0 Å². The maximum absolute atomic E-state index is 13.3. The van der Waals surface area contributed by atoms with Gasteiger partial charge in [0, 0.05) is 27.7 Å². The third-order valence-corrected chi connectivity index (χ3v) is 8.48. The number of nitrogens with zero attached hydrogens (tertiary/aromatic N) is 3. The number of allylic oxidation sites excluding steroid dienone is 1. The first kappa shape index (κ1) is 24.8. The average molecular weight is 534 g/mol. The van der Waals surface area contributed by atoms with Gasteiger partial charge >= 0.3 is 5.97 Å². The number of carbonyl (C=O) groups excluding carboxylic acids is 1. The second kappa shape index (κ2) is 10.0. The number of carboxylic acid groups (broad SMARTS) is 1. The molecule has 4 aromatic rings. The Hall–Kier alpha value is -4.49. The van der Waals surface area contributed by atoms with Crippen molar-refractivity contribution < 1.29 is 14.7 Å². The Morgan fingerprint density at radius 1 is 0.949 bits per heavy atom. The lowest BCUT2D eigenvalue weighted by Gasteiger charge is -2.31. The van der Waals surface area contributed by atoms with Crippen LogP contribution in [0, 0.1) is 6.92 Å². The Bertz CT molecular complexity index is 1650. The molecular formula is C32H27N3O3S. The highest BCUT2D eigenvalue weighted by atomic mass is 32.1. The Morgan fingerprint density at radius 3 is 2.46 bits per heavy atom. The van der Waals surface area contributed by atoms with Crippen molar-refractivity contribution in [3.8, 4) is 10.4 Å². The summed E-state index contributed by atoms with van der Waals surface area (Å²) in [6.07, 6.45) is 2.11. The van der Waals surface area contributed by atoms with Gasteiger partial charge in [0.1, 0.15) is 0 Å². The second-order valence-corrected chi connectivity index (χ2v) is 10.9. The maximum atomic E-state index is 13.3. The molecule has 3 aromatic carbocycles. The molecule has 3 heterocycles. The number of hydrazone groups is 1. The number of aliphatic carboxylic acids is 1. The number of amides is 1. The number of para-hydroxylation sites is 1. The van der Waals surface area contributed by atoms with E-state index in [1.807, 2.05) is 18.2 Å². The van der Waals surface area contributed by atoms with Crippen molar-refractivity contribution in [2.75, 3.05) is 16.5 Å². The highest BCUT2D eigenvalue weighted by molar-refractivity contribution is 7.16. The van der Waals surface area contributed by atoms with Crippen molar-refractivity contribution in [1.29, 1.82) is 0 Å². The summed E-state index contributed by atoms with van der Waals surface area (Å²) in [5.74, 6) is -1.66. The van der Waals surface area contributed by atoms with Crippen molar-refractivity contribution >= 4 is 51.6 Å². The highest BCUT2D eigenvalue weighted by Crippen LogP contribution is 2.39. The minimum Gasteiger partial charge on any atom is -0.476 e. The number of anilines is 3. The summed E-state index contributed by atoms with van der Waals surface area (Å²) in [6, 6.07) is 28.1. The number of hydrogen-bond acceptors (Lipinski definition) is 5. The fraction of sp³-hybridized carbons (Fsp3) is 0.156. The SMILES string of the molecule is C/C(=C1/C(=O)N(c2ccccc2)N=C1C(=O)O)c1ccc(-c2ccc3c(c2)CCCN3c2ccc(C)cc2)s1. The van der Waals surface area contributed by atoms with E-state index in [2.05, 4.69) is 59.4 Å². The minimum absolute atomic E-state index is 0.124. The van der Waals surface area contributed by atoms with Crippen LogP contribution in [0.25, 0.3) is 16.0 Å². The maximum Gasteiger partial charge on any atom is 0.357 e. The zero-order valence-electron chi connectivity index (χ0n) is 21.7. The number of carbonyl (C=O) groups is 2. The van der Waals surface area contributed by atoms with Crippen LogP contribution in [0.1, 0.15) is 29.3 Å².